The summed E-state index contributed by atoms with van der Waals surface area (Å²) in [5.74, 6) is 0.413. The van der Waals surface area contributed by atoms with Gasteiger partial charge in [0.1, 0.15) is 6.07 Å². The predicted molar refractivity (Wildman–Crippen MR) is 79.5 cm³/mol. The molecular formula is C16H15ClN2. The lowest BCUT2D eigenvalue weighted by molar-refractivity contribution is 0.805. The molecule has 0 aromatic heterocycles. The summed E-state index contributed by atoms with van der Waals surface area (Å²) in [6.45, 7) is 3.00. The van der Waals surface area contributed by atoms with Crippen molar-refractivity contribution in [2.45, 2.75) is 12.8 Å². The van der Waals surface area contributed by atoms with E-state index in [1.807, 2.05) is 24.3 Å². The van der Waals surface area contributed by atoms with Crippen molar-refractivity contribution in [3.8, 4) is 6.07 Å². The van der Waals surface area contributed by atoms with Crippen LogP contribution < -0.4 is 5.32 Å². The van der Waals surface area contributed by atoms with Crippen molar-refractivity contribution in [2.75, 3.05) is 11.9 Å². The van der Waals surface area contributed by atoms with Crippen LogP contribution in [0.4, 0.5) is 5.69 Å². The van der Waals surface area contributed by atoms with Crippen LogP contribution in [0.5, 0.6) is 0 Å². The van der Waals surface area contributed by atoms with Crippen molar-refractivity contribution in [1.29, 1.82) is 5.26 Å². The van der Waals surface area contributed by atoms with Crippen molar-refractivity contribution in [3.63, 3.8) is 0 Å². The molecule has 0 amide bonds. The Hall–Kier alpha value is -1.98. The van der Waals surface area contributed by atoms with Crippen LogP contribution in [-0.4, -0.2) is 6.54 Å². The summed E-state index contributed by atoms with van der Waals surface area (Å²) in [7, 11) is 0. The normalized spacial score (nSPS) is 11.6. The number of benzene rings is 2. The summed E-state index contributed by atoms with van der Waals surface area (Å²) < 4.78 is 0. The van der Waals surface area contributed by atoms with Gasteiger partial charge in [0.25, 0.3) is 0 Å². The third-order valence-corrected chi connectivity index (χ3v) is 3.38. The first-order chi connectivity index (χ1) is 9.20. The van der Waals surface area contributed by atoms with Gasteiger partial charge in [0.15, 0.2) is 0 Å². The number of halogens is 1. The average molecular weight is 271 g/mol. The number of hydrogen-bond donors (Lipinski definition) is 1. The fourth-order valence-electron chi connectivity index (χ4n) is 1.89. The van der Waals surface area contributed by atoms with E-state index in [2.05, 4.69) is 30.4 Å². The Kier molecular flexibility index (Phi) is 4.43. The van der Waals surface area contributed by atoms with E-state index in [0.717, 1.165) is 12.2 Å². The molecular weight excluding hydrogens is 256 g/mol. The lowest BCUT2D eigenvalue weighted by Gasteiger charge is -2.14. The van der Waals surface area contributed by atoms with E-state index in [9.17, 15) is 0 Å². The standard InChI is InChI=1S/C16H15ClN2/c1-12(13-5-3-2-4-6-13)11-19-15-8-7-14(10-18)16(17)9-15/h2-9,12,19H,11H2,1H3. The van der Waals surface area contributed by atoms with Gasteiger partial charge in [0.05, 0.1) is 10.6 Å². The molecule has 0 saturated carbocycles. The van der Waals surface area contributed by atoms with Gasteiger partial charge in [-0.15, -0.1) is 0 Å². The number of nitrogens with one attached hydrogen (secondary N) is 1. The molecule has 0 radical (unpaired) electrons. The second-order valence-corrected chi connectivity index (χ2v) is 4.91. The molecule has 0 bridgehead atoms. The van der Waals surface area contributed by atoms with Gasteiger partial charge >= 0.3 is 0 Å². The van der Waals surface area contributed by atoms with Gasteiger partial charge in [-0.05, 0) is 29.7 Å². The summed E-state index contributed by atoms with van der Waals surface area (Å²) in [4.78, 5) is 0. The minimum Gasteiger partial charge on any atom is -0.384 e. The highest BCUT2D eigenvalue weighted by atomic mass is 35.5. The molecule has 1 unspecified atom stereocenters. The molecule has 0 heterocycles. The molecule has 2 aromatic rings. The zero-order chi connectivity index (χ0) is 13.7. The van der Waals surface area contributed by atoms with E-state index in [-0.39, 0.29) is 0 Å². The SMILES string of the molecule is CC(CNc1ccc(C#N)c(Cl)c1)c1ccccc1. The third kappa shape index (κ3) is 3.49. The highest BCUT2D eigenvalue weighted by Crippen LogP contribution is 2.21. The molecule has 0 aliphatic rings. The zero-order valence-corrected chi connectivity index (χ0v) is 11.5. The Balaban J connectivity index is 2.00. The zero-order valence-electron chi connectivity index (χ0n) is 10.7. The van der Waals surface area contributed by atoms with Crippen molar-refractivity contribution in [2.24, 2.45) is 0 Å². The van der Waals surface area contributed by atoms with Gasteiger partial charge in [0.2, 0.25) is 0 Å². The summed E-state index contributed by atoms with van der Waals surface area (Å²) in [5, 5.41) is 12.6. The van der Waals surface area contributed by atoms with Crippen LogP contribution in [0.15, 0.2) is 48.5 Å². The van der Waals surface area contributed by atoms with Gasteiger partial charge in [0, 0.05) is 12.2 Å². The molecule has 0 aliphatic heterocycles. The molecule has 96 valence electrons. The Labute approximate surface area is 118 Å². The fraction of sp³-hybridized carbons (Fsp3) is 0.188. The monoisotopic (exact) mass is 270 g/mol. The van der Waals surface area contributed by atoms with Crippen LogP contribution in [0.3, 0.4) is 0 Å². The second-order valence-electron chi connectivity index (χ2n) is 4.50. The lowest BCUT2D eigenvalue weighted by atomic mass is 10.0. The van der Waals surface area contributed by atoms with Gasteiger partial charge in [-0.2, -0.15) is 5.26 Å². The van der Waals surface area contributed by atoms with Gasteiger partial charge in [-0.25, -0.2) is 0 Å². The maximum Gasteiger partial charge on any atom is 0.101 e. The summed E-state index contributed by atoms with van der Waals surface area (Å²) in [6.07, 6.45) is 0. The van der Waals surface area contributed by atoms with Crippen molar-refractivity contribution >= 4 is 17.3 Å². The van der Waals surface area contributed by atoms with Crippen molar-refractivity contribution < 1.29 is 0 Å². The quantitative estimate of drug-likeness (QED) is 0.892. The molecule has 0 spiro atoms. The van der Waals surface area contributed by atoms with E-state index in [0.29, 0.717) is 16.5 Å². The molecule has 0 saturated heterocycles. The minimum atomic E-state index is 0.413. The number of anilines is 1. The molecule has 0 fully saturated rings. The summed E-state index contributed by atoms with van der Waals surface area (Å²) >= 11 is 6.00. The highest BCUT2D eigenvalue weighted by Gasteiger charge is 2.05. The summed E-state index contributed by atoms with van der Waals surface area (Å²) in [5.41, 5.74) is 2.74. The lowest BCUT2D eigenvalue weighted by Crippen LogP contribution is -2.09. The van der Waals surface area contributed by atoms with Gasteiger partial charge in [-0.1, -0.05) is 48.9 Å². The largest absolute Gasteiger partial charge is 0.384 e. The molecule has 19 heavy (non-hydrogen) atoms. The Bertz CT molecular complexity index is 587. The van der Waals surface area contributed by atoms with E-state index in [4.69, 9.17) is 16.9 Å². The summed E-state index contributed by atoms with van der Waals surface area (Å²) in [6, 6.07) is 17.8. The first-order valence-electron chi connectivity index (χ1n) is 6.19. The molecule has 2 rings (SSSR count). The minimum absolute atomic E-state index is 0.413. The first-order valence-corrected chi connectivity index (χ1v) is 6.57. The van der Waals surface area contributed by atoms with E-state index < -0.39 is 0 Å². The number of nitriles is 1. The Morgan fingerprint density at radius 1 is 1.21 bits per heavy atom. The third-order valence-electron chi connectivity index (χ3n) is 3.07. The average Bonchev–Trinajstić information content (AvgIpc) is 2.46. The van der Waals surface area contributed by atoms with E-state index in [1.54, 1.807) is 12.1 Å². The highest BCUT2D eigenvalue weighted by molar-refractivity contribution is 6.32. The van der Waals surface area contributed by atoms with Gasteiger partial charge in [-0.3, -0.25) is 0 Å². The molecule has 2 nitrogen and oxygen atoms in total. The molecule has 3 heteroatoms. The first kappa shape index (κ1) is 13.5. The maximum absolute atomic E-state index is 8.82. The van der Waals surface area contributed by atoms with Crippen LogP contribution in [0.2, 0.25) is 5.02 Å². The Morgan fingerprint density at radius 3 is 2.58 bits per heavy atom. The second kappa shape index (κ2) is 6.26. The Morgan fingerprint density at radius 2 is 1.95 bits per heavy atom. The van der Waals surface area contributed by atoms with Crippen molar-refractivity contribution in [3.05, 3.63) is 64.7 Å². The predicted octanol–water partition coefficient (Wildman–Crippen LogP) is 4.43. The number of hydrogen-bond acceptors (Lipinski definition) is 2. The van der Waals surface area contributed by atoms with Crippen LogP contribution in [0, 0.1) is 11.3 Å². The molecule has 0 aliphatic carbocycles. The van der Waals surface area contributed by atoms with Gasteiger partial charge < -0.3 is 5.32 Å². The van der Waals surface area contributed by atoms with E-state index >= 15 is 0 Å². The number of rotatable bonds is 4. The van der Waals surface area contributed by atoms with Crippen molar-refractivity contribution in [1.82, 2.24) is 0 Å². The molecule has 2 aromatic carbocycles. The van der Waals surface area contributed by atoms with Crippen LogP contribution >= 0.6 is 11.6 Å². The van der Waals surface area contributed by atoms with E-state index in [1.165, 1.54) is 5.56 Å². The smallest absolute Gasteiger partial charge is 0.101 e. The maximum atomic E-state index is 8.82. The van der Waals surface area contributed by atoms with Crippen LogP contribution in [0.25, 0.3) is 0 Å². The topological polar surface area (TPSA) is 35.8 Å². The number of nitrogens with zero attached hydrogens (tertiary/aromatic N) is 1. The molecule has 1 atom stereocenters. The molecule has 1 N–H and O–H groups in total. The van der Waals surface area contributed by atoms with Crippen LogP contribution in [0.1, 0.15) is 24.0 Å². The van der Waals surface area contributed by atoms with Crippen LogP contribution in [-0.2, 0) is 0 Å². The fourth-order valence-corrected chi connectivity index (χ4v) is 2.11.